The highest BCUT2D eigenvalue weighted by Gasteiger charge is 2.15. The van der Waals surface area contributed by atoms with Gasteiger partial charge in [-0.2, -0.15) is 0 Å². The molecule has 5 nitrogen and oxygen atoms in total. The van der Waals surface area contributed by atoms with Crippen molar-refractivity contribution in [3.05, 3.63) is 76.8 Å². The molecule has 0 unspecified atom stereocenters. The van der Waals surface area contributed by atoms with Gasteiger partial charge in [0, 0.05) is 16.6 Å². The number of amides is 1. The normalized spacial score (nSPS) is 10.6. The molecule has 0 aliphatic rings. The van der Waals surface area contributed by atoms with Crippen LogP contribution in [0.15, 0.2) is 60.0 Å². The number of aryl methyl sites for hydroxylation is 2. The first kappa shape index (κ1) is 18.3. The van der Waals surface area contributed by atoms with Gasteiger partial charge in [0.25, 0.3) is 5.91 Å². The fraction of sp³-hybridized carbons (Fsp3) is 0.0952. The van der Waals surface area contributed by atoms with Gasteiger partial charge in [-0.1, -0.05) is 41.7 Å². The van der Waals surface area contributed by atoms with Crippen LogP contribution in [-0.2, 0) is 0 Å². The van der Waals surface area contributed by atoms with Crippen LogP contribution < -0.4 is 10.6 Å². The van der Waals surface area contributed by atoms with Crippen molar-refractivity contribution in [3.63, 3.8) is 0 Å². The Hall–Kier alpha value is -3.03. The maximum atomic E-state index is 12.3. The summed E-state index contributed by atoms with van der Waals surface area (Å²) in [6, 6.07) is 17.3. The highest BCUT2D eigenvalue weighted by Crippen LogP contribution is 2.35. The Labute approximate surface area is 171 Å². The zero-order valence-corrected chi connectivity index (χ0v) is 17.0. The molecule has 0 saturated heterocycles. The number of thiazole rings is 2. The summed E-state index contributed by atoms with van der Waals surface area (Å²) in [5.74, 6) is -0.166. The number of hydrogen-bond donors (Lipinski definition) is 2. The van der Waals surface area contributed by atoms with Gasteiger partial charge in [-0.15, -0.1) is 11.3 Å². The zero-order chi connectivity index (χ0) is 19.5. The van der Waals surface area contributed by atoms with E-state index >= 15 is 0 Å². The topological polar surface area (TPSA) is 66.9 Å². The van der Waals surface area contributed by atoms with Gasteiger partial charge in [-0.05, 0) is 43.7 Å². The van der Waals surface area contributed by atoms with Crippen LogP contribution in [0.4, 0.5) is 16.0 Å². The zero-order valence-electron chi connectivity index (χ0n) is 15.4. The van der Waals surface area contributed by atoms with E-state index in [9.17, 15) is 4.79 Å². The molecular weight excluding hydrogens is 388 g/mol. The molecule has 2 heterocycles. The molecule has 0 spiro atoms. The number of anilines is 3. The van der Waals surface area contributed by atoms with Crippen LogP contribution in [0.3, 0.4) is 0 Å². The van der Waals surface area contributed by atoms with Gasteiger partial charge in [0.05, 0.1) is 16.3 Å². The van der Waals surface area contributed by atoms with E-state index < -0.39 is 0 Å². The first-order valence-corrected chi connectivity index (χ1v) is 10.4. The van der Waals surface area contributed by atoms with Crippen molar-refractivity contribution >= 4 is 44.5 Å². The minimum Gasteiger partial charge on any atom is -0.332 e. The van der Waals surface area contributed by atoms with Gasteiger partial charge in [0.15, 0.2) is 10.3 Å². The van der Waals surface area contributed by atoms with E-state index in [1.165, 1.54) is 16.9 Å². The number of nitrogens with one attached hydrogen (secondary N) is 2. The summed E-state index contributed by atoms with van der Waals surface area (Å²) in [5.41, 5.74) is 4.52. The second-order valence-electron chi connectivity index (χ2n) is 6.29. The van der Waals surface area contributed by atoms with Crippen LogP contribution in [0.1, 0.15) is 21.6 Å². The van der Waals surface area contributed by atoms with E-state index in [1.807, 2.05) is 42.6 Å². The molecule has 0 radical (unpaired) electrons. The molecule has 7 heteroatoms. The molecule has 4 aromatic rings. The molecule has 0 atom stereocenters. The van der Waals surface area contributed by atoms with E-state index in [-0.39, 0.29) is 5.91 Å². The van der Waals surface area contributed by atoms with Gasteiger partial charge in [-0.25, -0.2) is 9.97 Å². The van der Waals surface area contributed by atoms with E-state index in [0.29, 0.717) is 10.7 Å². The van der Waals surface area contributed by atoms with Crippen LogP contribution in [0.25, 0.3) is 10.6 Å². The van der Waals surface area contributed by atoms with E-state index in [4.69, 9.17) is 0 Å². The first-order chi connectivity index (χ1) is 13.6. The third kappa shape index (κ3) is 4.11. The third-order valence-corrected chi connectivity index (χ3v) is 5.91. The predicted octanol–water partition coefficient (Wildman–Crippen LogP) is 5.88. The molecule has 0 bridgehead atoms. The standard InChI is InChI=1S/C21H18N4OS2/c1-13-7-6-10-16(11-13)23-20-24-17(12-27-20)18-14(2)22-21(28-18)25-19(26)15-8-4-3-5-9-15/h3-12H,1-2H3,(H,23,24)(H,22,25,26). The Morgan fingerprint density at radius 1 is 0.964 bits per heavy atom. The lowest BCUT2D eigenvalue weighted by Crippen LogP contribution is -2.11. The smallest absolute Gasteiger partial charge is 0.257 e. The molecular formula is C21H18N4OS2. The van der Waals surface area contributed by atoms with Gasteiger partial charge < -0.3 is 5.32 Å². The van der Waals surface area contributed by atoms with Crippen LogP contribution in [0, 0.1) is 13.8 Å². The van der Waals surface area contributed by atoms with Crippen LogP contribution in [0.5, 0.6) is 0 Å². The maximum Gasteiger partial charge on any atom is 0.257 e. The van der Waals surface area contributed by atoms with Crippen molar-refractivity contribution in [2.45, 2.75) is 13.8 Å². The molecule has 0 saturated carbocycles. The molecule has 2 aromatic carbocycles. The van der Waals surface area contributed by atoms with Crippen LogP contribution in [-0.4, -0.2) is 15.9 Å². The number of benzene rings is 2. The number of carbonyl (C=O) groups is 1. The molecule has 4 rings (SSSR count). The molecule has 0 fully saturated rings. The number of nitrogens with zero attached hydrogens (tertiary/aromatic N) is 2. The second kappa shape index (κ2) is 7.92. The summed E-state index contributed by atoms with van der Waals surface area (Å²) in [7, 11) is 0. The SMILES string of the molecule is Cc1cccc(Nc2nc(-c3sc(NC(=O)c4ccccc4)nc3C)cs2)c1. The summed E-state index contributed by atoms with van der Waals surface area (Å²) in [4.78, 5) is 22.5. The summed E-state index contributed by atoms with van der Waals surface area (Å²) in [5, 5.41) is 9.60. The van der Waals surface area contributed by atoms with E-state index in [2.05, 4.69) is 39.7 Å². The fourth-order valence-corrected chi connectivity index (χ4v) is 4.45. The van der Waals surface area contributed by atoms with Crippen molar-refractivity contribution in [3.8, 4) is 10.6 Å². The minimum absolute atomic E-state index is 0.166. The lowest BCUT2D eigenvalue weighted by atomic mass is 10.2. The first-order valence-electron chi connectivity index (χ1n) is 8.72. The molecule has 140 valence electrons. The van der Waals surface area contributed by atoms with Gasteiger partial charge in [-0.3, -0.25) is 10.1 Å². The number of rotatable bonds is 5. The largest absolute Gasteiger partial charge is 0.332 e. The number of hydrogen-bond acceptors (Lipinski definition) is 6. The molecule has 1 amide bonds. The summed E-state index contributed by atoms with van der Waals surface area (Å²) in [6.45, 7) is 3.99. The lowest BCUT2D eigenvalue weighted by Gasteiger charge is -2.02. The van der Waals surface area contributed by atoms with Crippen molar-refractivity contribution in [1.29, 1.82) is 0 Å². The minimum atomic E-state index is -0.166. The summed E-state index contributed by atoms with van der Waals surface area (Å²) >= 11 is 2.97. The second-order valence-corrected chi connectivity index (χ2v) is 8.14. The average Bonchev–Trinajstić information content (AvgIpc) is 3.28. The Morgan fingerprint density at radius 2 is 1.79 bits per heavy atom. The highest BCUT2D eigenvalue weighted by atomic mass is 32.1. The summed E-state index contributed by atoms with van der Waals surface area (Å²) in [6.07, 6.45) is 0. The van der Waals surface area contributed by atoms with Crippen LogP contribution in [0.2, 0.25) is 0 Å². The Balaban J connectivity index is 1.51. The Morgan fingerprint density at radius 3 is 2.57 bits per heavy atom. The maximum absolute atomic E-state index is 12.3. The number of aromatic nitrogens is 2. The molecule has 2 N–H and O–H groups in total. The molecule has 28 heavy (non-hydrogen) atoms. The van der Waals surface area contributed by atoms with Gasteiger partial charge >= 0.3 is 0 Å². The quantitative estimate of drug-likeness (QED) is 0.434. The average molecular weight is 407 g/mol. The fourth-order valence-electron chi connectivity index (χ4n) is 2.73. The monoisotopic (exact) mass is 406 g/mol. The predicted molar refractivity (Wildman–Crippen MR) is 117 cm³/mol. The van der Waals surface area contributed by atoms with Crippen LogP contribution >= 0.6 is 22.7 Å². The lowest BCUT2D eigenvalue weighted by molar-refractivity contribution is 0.102. The number of carbonyl (C=O) groups excluding carboxylic acids is 1. The molecule has 2 aromatic heterocycles. The molecule has 0 aliphatic heterocycles. The molecule has 0 aliphatic carbocycles. The van der Waals surface area contributed by atoms with Crippen molar-refractivity contribution in [2.75, 3.05) is 10.6 Å². The van der Waals surface area contributed by atoms with Gasteiger partial charge in [0.1, 0.15) is 0 Å². The summed E-state index contributed by atoms with van der Waals surface area (Å²) < 4.78 is 0. The Kier molecular flexibility index (Phi) is 5.18. The Bertz CT molecular complexity index is 1120. The van der Waals surface area contributed by atoms with Gasteiger partial charge in [0.2, 0.25) is 0 Å². The van der Waals surface area contributed by atoms with Crippen molar-refractivity contribution in [1.82, 2.24) is 9.97 Å². The van der Waals surface area contributed by atoms with E-state index in [0.717, 1.165) is 27.1 Å². The highest BCUT2D eigenvalue weighted by molar-refractivity contribution is 7.20. The van der Waals surface area contributed by atoms with Crippen molar-refractivity contribution in [2.24, 2.45) is 0 Å². The van der Waals surface area contributed by atoms with E-state index in [1.54, 1.807) is 23.5 Å². The van der Waals surface area contributed by atoms with Crippen molar-refractivity contribution < 1.29 is 4.79 Å². The third-order valence-electron chi connectivity index (χ3n) is 4.06.